The Morgan fingerprint density at radius 2 is 0.753 bits per heavy atom. The van der Waals surface area contributed by atoms with Gasteiger partial charge < -0.3 is 28.4 Å². The summed E-state index contributed by atoms with van der Waals surface area (Å²) in [5.74, 6) is 0. The van der Waals surface area contributed by atoms with Crippen LogP contribution in [0, 0.1) is 0 Å². The first kappa shape index (κ1) is 52.1. The van der Waals surface area contributed by atoms with E-state index in [0.717, 1.165) is 118 Å². The average molecular weight is 1100 g/mol. The van der Waals surface area contributed by atoms with E-state index in [-0.39, 0.29) is 23.0 Å². The van der Waals surface area contributed by atoms with Crippen molar-refractivity contribution in [2.24, 2.45) is 0 Å². The van der Waals surface area contributed by atoms with Crippen molar-refractivity contribution >= 4 is 135 Å². The largest absolute Gasteiger partial charge is 0.457 e. The second-order valence-electron chi connectivity index (χ2n) is 26.2. The van der Waals surface area contributed by atoms with Crippen LogP contribution in [0.25, 0.3) is 43.9 Å². The molecule has 0 aliphatic carbocycles. The van der Waals surface area contributed by atoms with Crippen LogP contribution < -0.4 is 36.0 Å². The molecule has 85 heavy (non-hydrogen) atoms. The normalized spacial score (nSPS) is 13.2. The SMILES string of the molecule is CC(C)(C)c1ccc(N2c3cc(N(c4ccc(C(C)(C)C)cc4)c4cccc5c4oc4ccccc45)ccc3B3c4c2cc(N(c2ccccc2)c2ccccc2)cc4N(c2ccc(C(C)(C)C)cc2)c2ccc4c(oc5ccccc54)c23)cc1. The van der Waals surface area contributed by atoms with Gasteiger partial charge >= 0.3 is 0 Å². The molecule has 0 spiro atoms. The van der Waals surface area contributed by atoms with Crippen LogP contribution in [0.5, 0.6) is 0 Å². The summed E-state index contributed by atoms with van der Waals surface area (Å²) < 4.78 is 14.2. The van der Waals surface area contributed by atoms with Crippen LogP contribution >= 0.6 is 0 Å². The maximum atomic E-state index is 7.27. The Bertz CT molecular complexity index is 4680. The van der Waals surface area contributed by atoms with Gasteiger partial charge in [0.25, 0.3) is 6.71 Å². The fourth-order valence-electron chi connectivity index (χ4n) is 13.3. The predicted molar refractivity (Wildman–Crippen MR) is 360 cm³/mol. The standard InChI is InChI=1S/C78H67BN4O2/c1-76(2,3)50-31-37-55(38-32-50)81(66-28-20-27-62-60-25-16-18-29-70(60)84-74(62)66)58-43-45-64-67(47-58)83(57-41-35-52(36-42-57)78(7,8)9)69-49-59(80(53-21-12-10-13-22-53)54-23-14-11-15-24-54)48-68-72(69)79(64)73-65(82(68)56-39-33-51(34-40-56)77(4,5)6)46-44-63-61-26-17-19-30-71(61)85-75(63)73/h10-49H,1-9H3. The zero-order valence-electron chi connectivity index (χ0n) is 49.8. The molecule has 11 aromatic carbocycles. The van der Waals surface area contributed by atoms with Crippen molar-refractivity contribution in [3.63, 3.8) is 0 Å². The van der Waals surface area contributed by atoms with Crippen LogP contribution in [0.2, 0.25) is 0 Å². The molecule has 13 aromatic rings. The fourth-order valence-corrected chi connectivity index (χ4v) is 13.3. The molecule has 6 nitrogen and oxygen atoms in total. The monoisotopic (exact) mass is 1100 g/mol. The predicted octanol–water partition coefficient (Wildman–Crippen LogP) is 20.4. The van der Waals surface area contributed by atoms with Gasteiger partial charge in [0.15, 0.2) is 5.58 Å². The first-order valence-corrected chi connectivity index (χ1v) is 29.9. The summed E-state index contributed by atoms with van der Waals surface area (Å²) >= 11 is 0. The van der Waals surface area contributed by atoms with Crippen LogP contribution in [0.3, 0.4) is 0 Å². The van der Waals surface area contributed by atoms with Gasteiger partial charge in [-0.2, -0.15) is 0 Å². The van der Waals surface area contributed by atoms with Crippen LogP contribution in [0.4, 0.5) is 68.2 Å². The Hall–Kier alpha value is -9.72. The van der Waals surface area contributed by atoms with E-state index in [1.54, 1.807) is 0 Å². The number of fused-ring (bicyclic) bond motifs is 11. The summed E-state index contributed by atoms with van der Waals surface area (Å²) in [6, 6.07) is 89.4. The Labute approximate surface area is 498 Å². The van der Waals surface area contributed by atoms with Crippen LogP contribution in [-0.2, 0) is 16.2 Å². The quantitative estimate of drug-likeness (QED) is 0.141. The van der Waals surface area contributed by atoms with Crippen LogP contribution in [0.1, 0.15) is 79.0 Å². The summed E-state index contributed by atoms with van der Waals surface area (Å²) in [5.41, 5.74) is 23.3. The molecule has 0 atom stereocenters. The lowest BCUT2D eigenvalue weighted by atomic mass is 9.33. The van der Waals surface area contributed by atoms with Crippen LogP contribution in [0.15, 0.2) is 251 Å². The lowest BCUT2D eigenvalue weighted by molar-refractivity contribution is 0.590. The third-order valence-electron chi connectivity index (χ3n) is 17.7. The van der Waals surface area contributed by atoms with Gasteiger partial charge in [-0.1, -0.05) is 190 Å². The molecule has 0 saturated carbocycles. The Morgan fingerprint density at radius 3 is 1.29 bits per heavy atom. The molecular formula is C78H67BN4O2. The van der Waals surface area contributed by atoms with Gasteiger partial charge in [0, 0.05) is 78.4 Å². The maximum absolute atomic E-state index is 7.27. The summed E-state index contributed by atoms with van der Waals surface area (Å²) in [4.78, 5) is 9.87. The number of anilines is 12. The van der Waals surface area contributed by atoms with Crippen molar-refractivity contribution in [1.29, 1.82) is 0 Å². The van der Waals surface area contributed by atoms with E-state index < -0.39 is 0 Å². The van der Waals surface area contributed by atoms with Gasteiger partial charge in [-0.05, 0) is 165 Å². The minimum Gasteiger partial charge on any atom is -0.457 e. The molecular weight excluding hydrogens is 1040 g/mol. The second kappa shape index (κ2) is 19.4. The molecule has 0 bridgehead atoms. The van der Waals surface area contributed by atoms with Gasteiger partial charge in [0.2, 0.25) is 0 Å². The van der Waals surface area contributed by atoms with E-state index in [0.29, 0.717) is 0 Å². The molecule has 0 amide bonds. The van der Waals surface area contributed by atoms with E-state index in [4.69, 9.17) is 8.83 Å². The highest BCUT2D eigenvalue weighted by atomic mass is 16.3. The average Bonchev–Trinajstić information content (AvgIpc) is 1.48. The number of hydrogen-bond acceptors (Lipinski definition) is 6. The van der Waals surface area contributed by atoms with Gasteiger partial charge in [-0.15, -0.1) is 0 Å². The number of furan rings is 2. The van der Waals surface area contributed by atoms with Crippen molar-refractivity contribution in [1.82, 2.24) is 0 Å². The molecule has 7 heteroatoms. The second-order valence-corrected chi connectivity index (χ2v) is 26.2. The zero-order valence-corrected chi connectivity index (χ0v) is 49.8. The highest BCUT2D eigenvalue weighted by Gasteiger charge is 2.46. The van der Waals surface area contributed by atoms with Crippen LogP contribution in [-0.4, -0.2) is 6.71 Å². The summed E-state index contributed by atoms with van der Waals surface area (Å²) in [5, 5.41) is 4.36. The van der Waals surface area contributed by atoms with Crippen molar-refractivity contribution in [3.8, 4) is 0 Å². The fraction of sp³-hybridized carbons (Fsp3) is 0.154. The van der Waals surface area contributed by atoms with Gasteiger partial charge in [0.1, 0.15) is 16.7 Å². The van der Waals surface area contributed by atoms with Gasteiger partial charge in [-0.25, -0.2) is 0 Å². The van der Waals surface area contributed by atoms with Crippen molar-refractivity contribution in [3.05, 3.63) is 259 Å². The van der Waals surface area contributed by atoms with E-state index in [1.165, 1.54) is 27.6 Å². The molecule has 4 heterocycles. The van der Waals surface area contributed by atoms with Gasteiger partial charge in [0.05, 0.1) is 11.4 Å². The molecule has 2 aliphatic rings. The number of nitrogens with zero attached hydrogens (tertiary/aromatic N) is 4. The molecule has 0 N–H and O–H groups in total. The first-order valence-electron chi connectivity index (χ1n) is 29.9. The molecule has 2 aliphatic heterocycles. The molecule has 2 aromatic heterocycles. The zero-order chi connectivity index (χ0) is 58.1. The third kappa shape index (κ3) is 8.61. The lowest BCUT2D eigenvalue weighted by Crippen LogP contribution is -2.61. The highest BCUT2D eigenvalue weighted by molar-refractivity contribution is 7.01. The summed E-state index contributed by atoms with van der Waals surface area (Å²) in [7, 11) is 0. The molecule has 0 fully saturated rings. The minimum atomic E-state index is -0.266. The van der Waals surface area contributed by atoms with E-state index in [2.05, 4.69) is 325 Å². The molecule has 414 valence electrons. The van der Waals surface area contributed by atoms with Gasteiger partial charge in [-0.3, -0.25) is 0 Å². The summed E-state index contributed by atoms with van der Waals surface area (Å²) in [6.07, 6.45) is 0. The summed E-state index contributed by atoms with van der Waals surface area (Å²) in [6.45, 7) is 20.3. The Kier molecular flexibility index (Phi) is 11.9. The first-order chi connectivity index (χ1) is 41.1. The Balaban J connectivity index is 1.07. The van der Waals surface area contributed by atoms with Crippen molar-refractivity contribution in [2.75, 3.05) is 19.6 Å². The van der Waals surface area contributed by atoms with Crippen molar-refractivity contribution < 1.29 is 8.83 Å². The smallest absolute Gasteiger partial charge is 0.257 e. The lowest BCUT2D eigenvalue weighted by Gasteiger charge is -2.45. The minimum absolute atomic E-state index is 0.0360. The Morgan fingerprint density at radius 1 is 0.318 bits per heavy atom. The third-order valence-corrected chi connectivity index (χ3v) is 17.7. The van der Waals surface area contributed by atoms with E-state index in [9.17, 15) is 0 Å². The molecule has 15 rings (SSSR count). The molecule has 0 unspecified atom stereocenters. The number of hydrogen-bond donors (Lipinski definition) is 0. The van der Waals surface area contributed by atoms with Crippen molar-refractivity contribution in [2.45, 2.75) is 78.6 Å². The van der Waals surface area contributed by atoms with E-state index >= 15 is 0 Å². The highest BCUT2D eigenvalue weighted by Crippen LogP contribution is 2.51. The maximum Gasteiger partial charge on any atom is 0.257 e. The van der Waals surface area contributed by atoms with E-state index in [1.807, 2.05) is 0 Å². The molecule has 0 saturated heterocycles. The molecule has 0 radical (unpaired) electrons. The number of para-hydroxylation sites is 5. The number of rotatable bonds is 8. The topological polar surface area (TPSA) is 39.2 Å². The number of benzene rings is 11.